The van der Waals surface area contributed by atoms with Crippen LogP contribution in [0.15, 0.2) is 30.6 Å². The largest absolute Gasteiger partial charge is 0.329 e. The van der Waals surface area contributed by atoms with Crippen molar-refractivity contribution in [3.05, 3.63) is 36.2 Å². The summed E-state index contributed by atoms with van der Waals surface area (Å²) >= 11 is 1.66. The van der Waals surface area contributed by atoms with E-state index in [9.17, 15) is 0 Å². The molecule has 1 N–H and O–H groups in total. The maximum Gasteiger partial charge on any atom is 0.188 e. The fraction of sp³-hybridized carbons (Fsp3) is 0.286. The number of aromatic nitrogens is 3. The first-order valence-electron chi connectivity index (χ1n) is 6.30. The Morgan fingerprint density at radius 1 is 1.32 bits per heavy atom. The average molecular weight is 272 g/mol. The number of fused-ring (bicyclic) bond motifs is 1. The molecule has 0 fully saturated rings. The van der Waals surface area contributed by atoms with Crippen LogP contribution in [0.1, 0.15) is 25.5 Å². The lowest BCUT2D eigenvalue weighted by atomic mass is 10.2. The first kappa shape index (κ1) is 12.2. The van der Waals surface area contributed by atoms with Crippen LogP contribution in [0.5, 0.6) is 0 Å². The Balaban J connectivity index is 1.87. The number of hydrogen-bond acceptors (Lipinski definition) is 4. The molecule has 3 aromatic rings. The monoisotopic (exact) mass is 272 g/mol. The van der Waals surface area contributed by atoms with Gasteiger partial charge in [-0.3, -0.25) is 4.68 Å². The minimum Gasteiger partial charge on any atom is -0.329 e. The molecule has 4 nitrogen and oxygen atoms in total. The van der Waals surface area contributed by atoms with Crippen molar-refractivity contribution < 1.29 is 0 Å². The molecule has 1 aromatic carbocycles. The van der Waals surface area contributed by atoms with Crippen LogP contribution < -0.4 is 5.32 Å². The smallest absolute Gasteiger partial charge is 0.188 e. The topological polar surface area (TPSA) is 42.7 Å². The van der Waals surface area contributed by atoms with E-state index in [2.05, 4.69) is 54.4 Å². The van der Waals surface area contributed by atoms with Gasteiger partial charge in [-0.1, -0.05) is 17.4 Å². The van der Waals surface area contributed by atoms with Gasteiger partial charge in [0.25, 0.3) is 0 Å². The number of thiazole rings is 1. The summed E-state index contributed by atoms with van der Waals surface area (Å²) in [6.07, 6.45) is 3.83. The lowest BCUT2D eigenvalue weighted by molar-refractivity contribution is 0.532. The third-order valence-corrected chi connectivity index (χ3v) is 3.86. The van der Waals surface area contributed by atoms with Crippen molar-refractivity contribution >= 4 is 32.4 Å². The van der Waals surface area contributed by atoms with Crippen molar-refractivity contribution in [3.63, 3.8) is 0 Å². The number of anilines is 2. The highest BCUT2D eigenvalue weighted by Crippen LogP contribution is 2.28. The molecule has 0 bridgehead atoms. The van der Waals surface area contributed by atoms with Crippen LogP contribution in [0.3, 0.4) is 0 Å². The van der Waals surface area contributed by atoms with E-state index in [1.54, 1.807) is 11.3 Å². The molecule has 2 heterocycles. The minimum atomic E-state index is 0.369. The van der Waals surface area contributed by atoms with E-state index in [1.807, 2.05) is 17.1 Å². The molecule has 0 aliphatic rings. The summed E-state index contributed by atoms with van der Waals surface area (Å²) in [6, 6.07) is 6.68. The molecule has 0 amide bonds. The summed E-state index contributed by atoms with van der Waals surface area (Å²) in [4.78, 5) is 4.57. The molecule has 19 heavy (non-hydrogen) atoms. The molecule has 0 unspecified atom stereocenters. The Morgan fingerprint density at radius 2 is 2.16 bits per heavy atom. The number of rotatable bonds is 3. The normalized spacial score (nSPS) is 11.4. The van der Waals surface area contributed by atoms with E-state index in [-0.39, 0.29) is 0 Å². The zero-order valence-corrected chi connectivity index (χ0v) is 12.0. The van der Waals surface area contributed by atoms with Crippen LogP contribution in [0.4, 0.5) is 10.8 Å². The van der Waals surface area contributed by atoms with Gasteiger partial charge >= 0.3 is 0 Å². The first-order valence-corrected chi connectivity index (χ1v) is 7.12. The van der Waals surface area contributed by atoms with Gasteiger partial charge in [-0.2, -0.15) is 5.10 Å². The van der Waals surface area contributed by atoms with Crippen molar-refractivity contribution in [2.24, 2.45) is 0 Å². The molecule has 0 saturated heterocycles. The van der Waals surface area contributed by atoms with Gasteiger partial charge in [-0.15, -0.1) is 0 Å². The van der Waals surface area contributed by atoms with Crippen LogP contribution in [0.25, 0.3) is 10.2 Å². The molecular formula is C14H16N4S. The lowest BCUT2D eigenvalue weighted by Crippen LogP contribution is -1.99. The van der Waals surface area contributed by atoms with Crippen molar-refractivity contribution in [1.29, 1.82) is 0 Å². The molecule has 0 spiro atoms. The van der Waals surface area contributed by atoms with Gasteiger partial charge < -0.3 is 5.32 Å². The standard InChI is InChI=1S/C14H16N4S/c1-9(2)18-8-11(7-15-18)16-14-17-12-5-4-10(3)6-13(12)19-14/h4-9H,1-3H3,(H,16,17). The second kappa shape index (κ2) is 4.66. The van der Waals surface area contributed by atoms with Gasteiger partial charge in [0.1, 0.15) is 0 Å². The maximum absolute atomic E-state index is 4.57. The highest BCUT2D eigenvalue weighted by Gasteiger charge is 2.06. The van der Waals surface area contributed by atoms with Gasteiger partial charge in [0.15, 0.2) is 5.13 Å². The van der Waals surface area contributed by atoms with E-state index in [1.165, 1.54) is 10.3 Å². The van der Waals surface area contributed by atoms with Crippen LogP contribution in [-0.2, 0) is 0 Å². The van der Waals surface area contributed by atoms with Crippen LogP contribution in [-0.4, -0.2) is 14.8 Å². The van der Waals surface area contributed by atoms with Gasteiger partial charge in [0, 0.05) is 12.2 Å². The number of nitrogens with zero attached hydrogens (tertiary/aromatic N) is 3. The first-order chi connectivity index (χ1) is 9.11. The van der Waals surface area contributed by atoms with Crippen molar-refractivity contribution in [3.8, 4) is 0 Å². The SMILES string of the molecule is Cc1ccc2nc(Nc3cnn(C(C)C)c3)sc2c1. The predicted molar refractivity (Wildman–Crippen MR) is 80.3 cm³/mol. The Kier molecular flexibility index (Phi) is 2.98. The second-order valence-corrected chi connectivity index (χ2v) is 5.95. The Hall–Kier alpha value is -1.88. The van der Waals surface area contributed by atoms with E-state index >= 15 is 0 Å². The zero-order chi connectivity index (χ0) is 13.4. The molecule has 98 valence electrons. The van der Waals surface area contributed by atoms with E-state index in [0.717, 1.165) is 16.3 Å². The highest BCUT2D eigenvalue weighted by atomic mass is 32.1. The van der Waals surface area contributed by atoms with E-state index < -0.39 is 0 Å². The summed E-state index contributed by atoms with van der Waals surface area (Å²) in [5.74, 6) is 0. The Bertz CT molecular complexity index is 711. The van der Waals surface area contributed by atoms with Gasteiger partial charge in [0.05, 0.1) is 22.1 Å². The molecule has 5 heteroatoms. The summed E-state index contributed by atoms with van der Waals surface area (Å²) < 4.78 is 3.14. The van der Waals surface area contributed by atoms with Crippen LogP contribution in [0, 0.1) is 6.92 Å². The van der Waals surface area contributed by atoms with E-state index in [4.69, 9.17) is 0 Å². The van der Waals surface area contributed by atoms with Crippen molar-refractivity contribution in [2.75, 3.05) is 5.32 Å². The third kappa shape index (κ3) is 2.46. The van der Waals surface area contributed by atoms with Gasteiger partial charge in [-0.05, 0) is 38.5 Å². The summed E-state index contributed by atoms with van der Waals surface area (Å²) in [7, 11) is 0. The highest BCUT2D eigenvalue weighted by molar-refractivity contribution is 7.22. The molecular weight excluding hydrogens is 256 g/mol. The number of benzene rings is 1. The van der Waals surface area contributed by atoms with Crippen molar-refractivity contribution in [1.82, 2.24) is 14.8 Å². The lowest BCUT2D eigenvalue weighted by Gasteiger charge is -2.03. The quantitative estimate of drug-likeness (QED) is 0.779. The fourth-order valence-corrected chi connectivity index (χ4v) is 2.88. The summed E-state index contributed by atoms with van der Waals surface area (Å²) in [5.41, 5.74) is 3.27. The Morgan fingerprint density at radius 3 is 2.89 bits per heavy atom. The molecule has 2 aromatic heterocycles. The summed E-state index contributed by atoms with van der Waals surface area (Å²) in [5, 5.41) is 8.53. The molecule has 3 rings (SSSR count). The minimum absolute atomic E-state index is 0.369. The van der Waals surface area contributed by atoms with Gasteiger partial charge in [0.2, 0.25) is 0 Å². The Labute approximate surface area is 116 Å². The molecule has 0 saturated carbocycles. The molecule has 0 radical (unpaired) electrons. The summed E-state index contributed by atoms with van der Waals surface area (Å²) in [6.45, 7) is 6.31. The average Bonchev–Trinajstić information content (AvgIpc) is 2.95. The zero-order valence-electron chi connectivity index (χ0n) is 11.2. The number of nitrogens with one attached hydrogen (secondary N) is 1. The maximum atomic E-state index is 4.57. The van der Waals surface area contributed by atoms with Crippen molar-refractivity contribution in [2.45, 2.75) is 26.8 Å². The molecule has 0 atom stereocenters. The molecule has 0 aliphatic heterocycles. The predicted octanol–water partition coefficient (Wildman–Crippen LogP) is 4.13. The third-order valence-electron chi connectivity index (χ3n) is 2.93. The van der Waals surface area contributed by atoms with Crippen LogP contribution >= 0.6 is 11.3 Å². The van der Waals surface area contributed by atoms with Crippen LogP contribution in [0.2, 0.25) is 0 Å². The van der Waals surface area contributed by atoms with Gasteiger partial charge in [-0.25, -0.2) is 4.98 Å². The molecule has 0 aliphatic carbocycles. The number of hydrogen-bond donors (Lipinski definition) is 1. The fourth-order valence-electron chi connectivity index (χ4n) is 1.89. The second-order valence-electron chi connectivity index (χ2n) is 4.92. The number of aryl methyl sites for hydroxylation is 1. The van der Waals surface area contributed by atoms with E-state index in [0.29, 0.717) is 6.04 Å².